The van der Waals surface area contributed by atoms with E-state index in [0.717, 1.165) is 28.3 Å². The van der Waals surface area contributed by atoms with E-state index >= 15 is 0 Å². The number of rotatable bonds is 5. The minimum atomic E-state index is -3.85. The maximum atomic E-state index is 13.0. The first-order valence-corrected chi connectivity index (χ1v) is 10.3. The predicted molar refractivity (Wildman–Crippen MR) is 100 cm³/mol. The second-order valence-corrected chi connectivity index (χ2v) is 9.16. The van der Waals surface area contributed by atoms with Crippen molar-refractivity contribution in [2.24, 2.45) is 0 Å². The third-order valence-electron chi connectivity index (χ3n) is 4.87. The maximum absolute atomic E-state index is 13.0. The highest BCUT2D eigenvalue weighted by atomic mass is 32.2. The number of aryl methyl sites for hydroxylation is 1. The summed E-state index contributed by atoms with van der Waals surface area (Å²) in [6.07, 6.45) is 1.31. The van der Waals surface area contributed by atoms with Crippen molar-refractivity contribution in [1.82, 2.24) is 14.4 Å². The maximum Gasteiger partial charge on any atom is 0.509 e. The monoisotopic (exact) mass is 419 g/mol. The van der Waals surface area contributed by atoms with Crippen molar-refractivity contribution >= 4 is 27.0 Å². The first-order valence-electron chi connectivity index (χ1n) is 8.86. The molecule has 1 aromatic carbocycles. The first-order chi connectivity index (χ1) is 13.6. The van der Waals surface area contributed by atoms with Gasteiger partial charge in [0.05, 0.1) is 10.6 Å². The van der Waals surface area contributed by atoms with Crippen LogP contribution < -0.4 is 14.8 Å². The van der Waals surface area contributed by atoms with E-state index in [9.17, 15) is 23.1 Å². The predicted octanol–water partition coefficient (Wildman–Crippen LogP) is 0.991. The van der Waals surface area contributed by atoms with Gasteiger partial charge in [-0.3, -0.25) is 0 Å². The topological polar surface area (TPSA) is 135 Å². The average molecular weight is 419 g/mol. The highest BCUT2D eigenvalue weighted by molar-refractivity contribution is 7.89. The average Bonchev–Trinajstić information content (AvgIpc) is 3.21. The highest BCUT2D eigenvalue weighted by Gasteiger charge is 2.41. The van der Waals surface area contributed by atoms with Gasteiger partial charge in [-0.1, -0.05) is 5.16 Å². The van der Waals surface area contributed by atoms with E-state index in [4.69, 9.17) is 4.52 Å². The van der Waals surface area contributed by atoms with Crippen LogP contribution in [0, 0.1) is 6.92 Å². The van der Waals surface area contributed by atoms with Crippen molar-refractivity contribution < 1.29 is 27.4 Å². The van der Waals surface area contributed by atoms with Gasteiger partial charge in [0.15, 0.2) is 17.8 Å². The Morgan fingerprint density at radius 3 is 2.69 bits per heavy atom. The number of aromatic nitrogens is 3. The zero-order valence-electron chi connectivity index (χ0n) is 15.7. The van der Waals surface area contributed by atoms with E-state index < -0.39 is 27.2 Å². The Morgan fingerprint density at radius 1 is 1.38 bits per heavy atom. The van der Waals surface area contributed by atoms with E-state index in [1.54, 1.807) is 19.9 Å². The minimum Gasteiger partial charge on any atom is -0.446 e. The van der Waals surface area contributed by atoms with Gasteiger partial charge in [-0.25, -0.2) is 17.9 Å². The smallest absolute Gasteiger partial charge is 0.446 e. The number of carbonyl (C=O) groups is 1. The Kier molecular flexibility index (Phi) is 4.32. The summed E-state index contributed by atoms with van der Waals surface area (Å²) < 4.78 is 35.1. The fourth-order valence-corrected chi connectivity index (χ4v) is 4.56. The lowest BCUT2D eigenvalue weighted by atomic mass is 10.2. The van der Waals surface area contributed by atoms with Crippen molar-refractivity contribution in [3.05, 3.63) is 52.4 Å². The number of fused-ring (bicyclic) bond motifs is 1. The number of hydrogen-bond donors (Lipinski definition) is 2. The van der Waals surface area contributed by atoms with Crippen LogP contribution in [0.5, 0.6) is 0 Å². The third-order valence-corrected chi connectivity index (χ3v) is 6.51. The van der Waals surface area contributed by atoms with Crippen LogP contribution in [0.25, 0.3) is 10.9 Å². The van der Waals surface area contributed by atoms with Crippen LogP contribution in [-0.2, 0) is 16.6 Å². The second kappa shape index (κ2) is 6.49. The molecule has 152 valence electrons. The van der Waals surface area contributed by atoms with E-state index in [0.29, 0.717) is 11.5 Å². The molecule has 2 heterocycles. The summed E-state index contributed by atoms with van der Waals surface area (Å²) >= 11 is 0. The minimum absolute atomic E-state index is 0.0324. The molecule has 2 aromatic heterocycles. The molecule has 4 rings (SSSR count). The number of benzene rings is 1. The number of nitrogens with one attached hydrogen (secondary N) is 1. The van der Waals surface area contributed by atoms with Crippen molar-refractivity contribution in [3.8, 4) is 0 Å². The summed E-state index contributed by atoms with van der Waals surface area (Å²) in [7, 11) is -3.85. The van der Waals surface area contributed by atoms with Crippen molar-refractivity contribution in [2.75, 3.05) is 0 Å². The SMILES string of the molecule is Cc1cc(C[n+]2cn(C(=O)O)c3ccc(S(=O)(=O)NC4(C)CC4)cc3c2=O)on1. The molecule has 11 heteroatoms. The van der Waals surface area contributed by atoms with E-state index in [-0.39, 0.29) is 22.3 Å². The first kappa shape index (κ1) is 19.3. The molecule has 2 N–H and O–H groups in total. The fourth-order valence-electron chi connectivity index (χ4n) is 3.07. The van der Waals surface area contributed by atoms with Crippen molar-refractivity contribution in [1.29, 1.82) is 0 Å². The zero-order chi connectivity index (χ0) is 21.0. The van der Waals surface area contributed by atoms with Crippen LogP contribution in [0.1, 0.15) is 31.2 Å². The van der Waals surface area contributed by atoms with Crippen LogP contribution in [-0.4, -0.2) is 34.9 Å². The van der Waals surface area contributed by atoms with Gasteiger partial charge in [-0.05, 0) is 44.9 Å². The van der Waals surface area contributed by atoms with Gasteiger partial charge in [0.25, 0.3) is 6.33 Å². The van der Waals surface area contributed by atoms with E-state index in [2.05, 4.69) is 9.88 Å². The van der Waals surface area contributed by atoms with Crippen molar-refractivity contribution in [2.45, 2.75) is 43.7 Å². The van der Waals surface area contributed by atoms with Gasteiger partial charge >= 0.3 is 11.7 Å². The number of carboxylic acid groups (broad SMARTS) is 1. The van der Waals surface area contributed by atoms with Crippen LogP contribution in [0.2, 0.25) is 0 Å². The molecule has 10 nitrogen and oxygen atoms in total. The molecular weight excluding hydrogens is 400 g/mol. The van der Waals surface area contributed by atoms with Crippen LogP contribution in [0.15, 0.2) is 44.8 Å². The summed E-state index contributed by atoms with van der Waals surface area (Å²) in [5.41, 5.74) is -0.311. The molecular formula is C18H19N4O6S+. The number of sulfonamides is 1. The number of nitrogens with zero attached hydrogens (tertiary/aromatic N) is 3. The molecule has 0 aliphatic heterocycles. The summed E-state index contributed by atoms with van der Waals surface area (Å²) in [5, 5.41) is 13.3. The summed E-state index contributed by atoms with van der Waals surface area (Å²) in [4.78, 5) is 24.6. The van der Waals surface area contributed by atoms with E-state index in [1.807, 2.05) is 0 Å². The Hall–Kier alpha value is -3.05. The molecule has 0 radical (unpaired) electrons. The third kappa shape index (κ3) is 3.66. The molecule has 0 spiro atoms. The lowest BCUT2D eigenvalue weighted by Crippen LogP contribution is -2.52. The normalized spacial score (nSPS) is 15.5. The standard InChI is InChI=1S/C18H18N4O6S/c1-11-7-12(28-19-11)9-21-10-22(17(24)25)15-4-3-13(8-14(15)16(21)23)29(26,27)20-18(2)5-6-18/h3-4,7-8,10,20H,5-6,9H2,1-2H3/p+1. The molecule has 1 fully saturated rings. The largest absolute Gasteiger partial charge is 0.509 e. The van der Waals surface area contributed by atoms with Gasteiger partial charge < -0.3 is 9.63 Å². The Bertz CT molecular complexity index is 1300. The quantitative estimate of drug-likeness (QED) is 0.589. The Balaban J connectivity index is 1.86. The molecule has 1 saturated carbocycles. The lowest BCUT2D eigenvalue weighted by Gasteiger charge is -2.12. The van der Waals surface area contributed by atoms with Gasteiger partial charge in [0.2, 0.25) is 10.0 Å². The second-order valence-electron chi connectivity index (χ2n) is 7.48. The van der Waals surface area contributed by atoms with E-state index in [1.165, 1.54) is 18.2 Å². The molecule has 29 heavy (non-hydrogen) atoms. The van der Waals surface area contributed by atoms with Gasteiger partial charge in [0.1, 0.15) is 5.39 Å². The van der Waals surface area contributed by atoms with Crippen LogP contribution >= 0.6 is 0 Å². The molecule has 3 aromatic rings. The molecule has 1 aliphatic rings. The van der Waals surface area contributed by atoms with Crippen LogP contribution in [0.3, 0.4) is 0 Å². The van der Waals surface area contributed by atoms with Crippen LogP contribution in [0.4, 0.5) is 4.79 Å². The lowest BCUT2D eigenvalue weighted by molar-refractivity contribution is -0.705. The highest BCUT2D eigenvalue weighted by Crippen LogP contribution is 2.36. The Morgan fingerprint density at radius 2 is 2.10 bits per heavy atom. The summed E-state index contributed by atoms with van der Waals surface area (Å²) in [6, 6.07) is 5.44. The molecule has 0 bridgehead atoms. The summed E-state index contributed by atoms with van der Waals surface area (Å²) in [5.74, 6) is 0.369. The zero-order valence-corrected chi connectivity index (χ0v) is 16.6. The summed E-state index contributed by atoms with van der Waals surface area (Å²) in [6.45, 7) is 3.48. The Labute approximate surface area is 165 Å². The number of hydrogen-bond acceptors (Lipinski definition) is 6. The van der Waals surface area contributed by atoms with Gasteiger partial charge in [0, 0.05) is 11.6 Å². The molecule has 0 unspecified atom stereocenters. The molecule has 0 saturated heterocycles. The molecule has 1 aliphatic carbocycles. The van der Waals surface area contributed by atoms with Crippen molar-refractivity contribution in [3.63, 3.8) is 0 Å². The van der Waals surface area contributed by atoms with Gasteiger partial charge in [-0.2, -0.15) is 9.36 Å². The molecule has 0 amide bonds. The molecule has 0 atom stereocenters. The fraction of sp³-hybridized carbons (Fsp3) is 0.333. The van der Waals surface area contributed by atoms with Gasteiger partial charge in [-0.15, -0.1) is 4.57 Å².